The fraction of sp³-hybridized carbons (Fsp3) is 0.188. The number of rotatable bonds is 2. The Balaban J connectivity index is 2.03. The summed E-state index contributed by atoms with van der Waals surface area (Å²) in [5.74, 6) is 0.650. The molecule has 19 heavy (non-hydrogen) atoms. The van der Waals surface area contributed by atoms with Gasteiger partial charge < -0.3 is 10.2 Å². The molecule has 3 aromatic rings. The van der Waals surface area contributed by atoms with Crippen molar-refractivity contribution >= 4 is 11.1 Å². The summed E-state index contributed by atoms with van der Waals surface area (Å²) in [5.41, 5.74) is 10.8. The van der Waals surface area contributed by atoms with E-state index in [0.717, 1.165) is 22.2 Å². The second-order valence-electron chi connectivity index (χ2n) is 4.90. The summed E-state index contributed by atoms with van der Waals surface area (Å²) < 4.78 is 5.79. The van der Waals surface area contributed by atoms with Gasteiger partial charge in [-0.1, -0.05) is 18.2 Å². The minimum absolute atomic E-state index is 0.0420. The Hall–Kier alpha value is -2.13. The van der Waals surface area contributed by atoms with Gasteiger partial charge in [-0.3, -0.25) is 0 Å². The van der Waals surface area contributed by atoms with Crippen LogP contribution in [-0.2, 0) is 0 Å². The van der Waals surface area contributed by atoms with Crippen LogP contribution in [0.15, 0.2) is 46.9 Å². The Morgan fingerprint density at radius 2 is 1.84 bits per heavy atom. The molecule has 0 bridgehead atoms. The number of hydrogen-bond acceptors (Lipinski definition) is 3. The molecule has 2 N–H and O–H groups in total. The molecule has 0 saturated heterocycles. The zero-order valence-electron chi connectivity index (χ0n) is 11.1. The van der Waals surface area contributed by atoms with Crippen LogP contribution in [0.3, 0.4) is 0 Å². The van der Waals surface area contributed by atoms with Crippen molar-refractivity contribution in [2.75, 3.05) is 0 Å². The van der Waals surface area contributed by atoms with Crippen LogP contribution >= 0.6 is 0 Å². The van der Waals surface area contributed by atoms with E-state index in [-0.39, 0.29) is 6.04 Å². The zero-order valence-corrected chi connectivity index (χ0v) is 11.1. The summed E-state index contributed by atoms with van der Waals surface area (Å²) in [4.78, 5) is 4.50. The molecule has 3 heteroatoms. The van der Waals surface area contributed by atoms with Crippen molar-refractivity contribution in [3.8, 4) is 11.5 Å². The van der Waals surface area contributed by atoms with Crippen LogP contribution in [0.5, 0.6) is 0 Å². The fourth-order valence-corrected chi connectivity index (χ4v) is 2.08. The first-order valence-corrected chi connectivity index (χ1v) is 6.36. The van der Waals surface area contributed by atoms with Crippen LogP contribution in [0.4, 0.5) is 0 Å². The van der Waals surface area contributed by atoms with E-state index >= 15 is 0 Å². The van der Waals surface area contributed by atoms with Crippen LogP contribution in [0.1, 0.15) is 24.1 Å². The molecule has 0 aliphatic heterocycles. The van der Waals surface area contributed by atoms with Gasteiger partial charge in [-0.25, -0.2) is 4.98 Å². The van der Waals surface area contributed by atoms with E-state index in [9.17, 15) is 0 Å². The standard InChI is InChI=1S/C16H16N2O/c1-10-3-8-14-15(9-10)19-16(18-14)13-6-4-12(5-7-13)11(2)17/h3-9,11H,17H2,1-2H3. The smallest absolute Gasteiger partial charge is 0.227 e. The van der Waals surface area contributed by atoms with E-state index in [0.29, 0.717) is 5.89 Å². The fourth-order valence-electron chi connectivity index (χ4n) is 2.08. The molecule has 96 valence electrons. The molecule has 2 aromatic carbocycles. The maximum absolute atomic E-state index is 5.84. The first kappa shape index (κ1) is 11.9. The third-order valence-corrected chi connectivity index (χ3v) is 3.23. The van der Waals surface area contributed by atoms with E-state index in [4.69, 9.17) is 10.2 Å². The van der Waals surface area contributed by atoms with Crippen molar-refractivity contribution in [3.05, 3.63) is 53.6 Å². The number of aryl methyl sites for hydroxylation is 1. The van der Waals surface area contributed by atoms with Crippen molar-refractivity contribution in [1.29, 1.82) is 0 Å². The summed E-state index contributed by atoms with van der Waals surface area (Å²) in [6.45, 7) is 4.01. The van der Waals surface area contributed by atoms with E-state index < -0.39 is 0 Å². The van der Waals surface area contributed by atoms with Gasteiger partial charge in [0.1, 0.15) is 5.52 Å². The predicted molar refractivity (Wildman–Crippen MR) is 76.8 cm³/mol. The molecule has 1 heterocycles. The second-order valence-corrected chi connectivity index (χ2v) is 4.90. The SMILES string of the molecule is Cc1ccc2nc(-c3ccc(C(C)N)cc3)oc2c1. The van der Waals surface area contributed by atoms with Gasteiger partial charge in [-0.2, -0.15) is 0 Å². The van der Waals surface area contributed by atoms with Gasteiger partial charge in [-0.05, 0) is 49.2 Å². The maximum atomic E-state index is 5.84. The van der Waals surface area contributed by atoms with E-state index in [2.05, 4.69) is 4.98 Å². The summed E-state index contributed by atoms with van der Waals surface area (Å²) in [5, 5.41) is 0. The number of fused-ring (bicyclic) bond motifs is 1. The van der Waals surface area contributed by atoms with E-state index in [1.165, 1.54) is 5.56 Å². The average Bonchev–Trinajstić information content (AvgIpc) is 2.81. The molecule has 0 amide bonds. The highest BCUT2D eigenvalue weighted by Gasteiger charge is 2.08. The molecule has 1 aromatic heterocycles. The Bertz CT molecular complexity index is 711. The Morgan fingerprint density at radius 3 is 2.53 bits per heavy atom. The summed E-state index contributed by atoms with van der Waals surface area (Å²) in [6.07, 6.45) is 0. The van der Waals surface area contributed by atoms with Crippen LogP contribution in [0.25, 0.3) is 22.6 Å². The largest absolute Gasteiger partial charge is 0.436 e. The summed E-state index contributed by atoms with van der Waals surface area (Å²) >= 11 is 0. The molecule has 1 unspecified atom stereocenters. The number of nitrogens with zero attached hydrogens (tertiary/aromatic N) is 1. The lowest BCUT2D eigenvalue weighted by Gasteiger charge is -2.04. The van der Waals surface area contributed by atoms with E-state index in [1.54, 1.807) is 0 Å². The van der Waals surface area contributed by atoms with Crippen LogP contribution < -0.4 is 5.73 Å². The van der Waals surface area contributed by atoms with Crippen LogP contribution in [0.2, 0.25) is 0 Å². The van der Waals surface area contributed by atoms with Gasteiger partial charge in [0.2, 0.25) is 5.89 Å². The normalized spacial score (nSPS) is 12.8. The average molecular weight is 252 g/mol. The number of oxazole rings is 1. The third kappa shape index (κ3) is 2.25. The predicted octanol–water partition coefficient (Wildman–Crippen LogP) is 3.82. The number of benzene rings is 2. The van der Waals surface area contributed by atoms with Gasteiger partial charge >= 0.3 is 0 Å². The zero-order chi connectivity index (χ0) is 13.4. The van der Waals surface area contributed by atoms with Crippen molar-refractivity contribution in [2.24, 2.45) is 5.73 Å². The number of hydrogen-bond donors (Lipinski definition) is 1. The minimum atomic E-state index is 0.0420. The topological polar surface area (TPSA) is 52.0 Å². The summed E-state index contributed by atoms with van der Waals surface area (Å²) in [7, 11) is 0. The molecule has 0 spiro atoms. The van der Waals surface area contributed by atoms with Crippen molar-refractivity contribution < 1.29 is 4.42 Å². The molecule has 1 atom stereocenters. The lowest BCUT2D eigenvalue weighted by atomic mass is 10.1. The highest BCUT2D eigenvalue weighted by Crippen LogP contribution is 2.25. The number of aromatic nitrogens is 1. The van der Waals surface area contributed by atoms with Gasteiger partial charge in [-0.15, -0.1) is 0 Å². The van der Waals surface area contributed by atoms with Gasteiger partial charge in [0.05, 0.1) is 0 Å². The minimum Gasteiger partial charge on any atom is -0.436 e. The van der Waals surface area contributed by atoms with Crippen molar-refractivity contribution in [1.82, 2.24) is 4.98 Å². The van der Waals surface area contributed by atoms with Crippen LogP contribution in [0, 0.1) is 6.92 Å². The highest BCUT2D eigenvalue weighted by atomic mass is 16.3. The molecular formula is C16H16N2O. The molecule has 0 saturated carbocycles. The van der Waals surface area contributed by atoms with Gasteiger partial charge in [0.25, 0.3) is 0 Å². The molecule has 3 rings (SSSR count). The van der Waals surface area contributed by atoms with Gasteiger partial charge in [0, 0.05) is 11.6 Å². The molecular weight excluding hydrogens is 236 g/mol. The molecule has 0 aliphatic rings. The molecule has 3 nitrogen and oxygen atoms in total. The van der Waals surface area contributed by atoms with Crippen molar-refractivity contribution in [2.45, 2.75) is 19.9 Å². The maximum Gasteiger partial charge on any atom is 0.227 e. The summed E-state index contributed by atoms with van der Waals surface area (Å²) in [6, 6.07) is 14.1. The molecule has 0 radical (unpaired) electrons. The highest BCUT2D eigenvalue weighted by molar-refractivity contribution is 5.76. The monoisotopic (exact) mass is 252 g/mol. The Kier molecular flexibility index (Phi) is 2.84. The third-order valence-electron chi connectivity index (χ3n) is 3.23. The first-order chi connectivity index (χ1) is 9.13. The van der Waals surface area contributed by atoms with Crippen molar-refractivity contribution in [3.63, 3.8) is 0 Å². The lowest BCUT2D eigenvalue weighted by molar-refractivity contribution is 0.619. The lowest BCUT2D eigenvalue weighted by Crippen LogP contribution is -2.04. The second kappa shape index (κ2) is 4.52. The Morgan fingerprint density at radius 1 is 1.11 bits per heavy atom. The molecule has 0 aliphatic carbocycles. The quantitative estimate of drug-likeness (QED) is 0.754. The Labute approximate surface area is 112 Å². The first-order valence-electron chi connectivity index (χ1n) is 6.36. The number of nitrogens with two attached hydrogens (primary N) is 1. The van der Waals surface area contributed by atoms with Crippen LogP contribution in [-0.4, -0.2) is 4.98 Å². The molecule has 0 fully saturated rings. The van der Waals surface area contributed by atoms with E-state index in [1.807, 2.05) is 56.3 Å². The van der Waals surface area contributed by atoms with Gasteiger partial charge in [0.15, 0.2) is 5.58 Å².